The van der Waals surface area contributed by atoms with Gasteiger partial charge in [-0.05, 0) is 19.1 Å². The van der Waals surface area contributed by atoms with Crippen LogP contribution in [-0.2, 0) is 19.1 Å². The Hall–Kier alpha value is -2.54. The first-order valence-corrected chi connectivity index (χ1v) is 7.25. The van der Waals surface area contributed by atoms with E-state index in [4.69, 9.17) is 4.74 Å². The van der Waals surface area contributed by atoms with Crippen LogP contribution in [0.5, 0.6) is 0 Å². The molecule has 7 heteroatoms. The molecule has 1 aromatic rings. The van der Waals surface area contributed by atoms with Crippen molar-refractivity contribution >= 4 is 23.6 Å². The van der Waals surface area contributed by atoms with Crippen LogP contribution in [0.3, 0.4) is 0 Å². The molecule has 122 valence electrons. The average Bonchev–Trinajstić information content (AvgIpc) is 2.76. The number of carbonyl (C=O) groups excluding carboxylic acids is 4. The molecule has 1 aliphatic rings. The monoisotopic (exact) mass is 319 g/mol. The van der Waals surface area contributed by atoms with Crippen LogP contribution in [0.4, 0.5) is 0 Å². The van der Waals surface area contributed by atoms with E-state index < -0.39 is 11.8 Å². The molecule has 7 nitrogen and oxygen atoms in total. The van der Waals surface area contributed by atoms with Crippen LogP contribution < -0.4 is 0 Å². The molecule has 0 aromatic heterocycles. The molecule has 0 atom stereocenters. The third kappa shape index (κ3) is 4.01. The first kappa shape index (κ1) is 16.8. The van der Waals surface area contributed by atoms with Crippen molar-refractivity contribution in [3.05, 3.63) is 35.4 Å². The van der Waals surface area contributed by atoms with E-state index in [1.807, 2.05) is 0 Å². The Bertz CT molecular complexity index is 604. The molecule has 0 radical (unpaired) electrons. The number of esters is 1. The van der Waals surface area contributed by atoms with Gasteiger partial charge in [0, 0.05) is 0 Å². The van der Waals surface area contributed by atoms with Gasteiger partial charge in [0.1, 0.15) is 13.0 Å². The van der Waals surface area contributed by atoms with E-state index in [9.17, 15) is 19.2 Å². The van der Waals surface area contributed by atoms with E-state index in [0.29, 0.717) is 11.1 Å². The number of benzene rings is 1. The van der Waals surface area contributed by atoms with Gasteiger partial charge in [-0.15, -0.1) is 0 Å². The van der Waals surface area contributed by atoms with Gasteiger partial charge in [0.2, 0.25) is 0 Å². The van der Waals surface area contributed by atoms with Gasteiger partial charge < -0.3 is 9.47 Å². The molecule has 2 rings (SSSR count). The Morgan fingerprint density at radius 2 is 1.70 bits per heavy atom. The summed E-state index contributed by atoms with van der Waals surface area (Å²) in [6.45, 7) is 1.69. The van der Waals surface area contributed by atoms with E-state index in [1.165, 1.54) is 0 Å². The number of imide groups is 1. The summed E-state index contributed by atoms with van der Waals surface area (Å²) in [6, 6.07) is 6.58. The third-order valence-corrected chi connectivity index (χ3v) is 3.25. The molecule has 0 unspecified atom stereocenters. The zero-order chi connectivity index (χ0) is 16.8. The number of ketones is 1. The van der Waals surface area contributed by atoms with E-state index in [2.05, 4.69) is 4.74 Å². The summed E-state index contributed by atoms with van der Waals surface area (Å²) in [5.41, 5.74) is 0.742. The first-order chi connectivity index (χ1) is 11.0. The number of hydrogen-bond acceptors (Lipinski definition) is 6. The maximum atomic E-state index is 12.1. The lowest BCUT2D eigenvalue weighted by molar-refractivity contribution is -0.146. The molecule has 0 N–H and O–H groups in total. The lowest BCUT2D eigenvalue weighted by Gasteiger charge is -2.13. The highest BCUT2D eigenvalue weighted by Gasteiger charge is 2.34. The summed E-state index contributed by atoms with van der Waals surface area (Å²) in [4.78, 5) is 47.8. The summed E-state index contributed by atoms with van der Waals surface area (Å²) in [5, 5.41) is 0. The minimum absolute atomic E-state index is 0.0278. The van der Waals surface area contributed by atoms with Crippen LogP contribution >= 0.6 is 0 Å². The zero-order valence-corrected chi connectivity index (χ0v) is 12.7. The number of fused-ring (bicyclic) bond motifs is 1. The summed E-state index contributed by atoms with van der Waals surface area (Å²) in [5.74, 6) is -1.74. The van der Waals surface area contributed by atoms with Crippen molar-refractivity contribution in [1.29, 1.82) is 0 Å². The van der Waals surface area contributed by atoms with Gasteiger partial charge in [-0.25, -0.2) is 0 Å². The fourth-order valence-corrected chi connectivity index (χ4v) is 2.21. The quantitative estimate of drug-likeness (QED) is 0.305. The standard InChI is InChI=1S/C16H17NO6/c1-2-23-14(19)9-11(18)10-22-8-7-17-15(20)12-5-3-4-6-13(12)16(17)21/h3-6H,2,7-10H2,1H3. The van der Waals surface area contributed by atoms with Gasteiger partial charge in [-0.2, -0.15) is 0 Å². The normalized spacial score (nSPS) is 13.2. The number of rotatable bonds is 8. The van der Waals surface area contributed by atoms with Crippen molar-refractivity contribution in [2.45, 2.75) is 13.3 Å². The molecule has 0 saturated heterocycles. The lowest BCUT2D eigenvalue weighted by Crippen LogP contribution is -2.33. The van der Waals surface area contributed by atoms with E-state index in [0.717, 1.165) is 4.90 Å². The summed E-state index contributed by atoms with van der Waals surface area (Å²) >= 11 is 0. The van der Waals surface area contributed by atoms with Crippen LogP contribution in [0, 0.1) is 0 Å². The lowest BCUT2D eigenvalue weighted by atomic mass is 10.1. The summed E-state index contributed by atoms with van der Waals surface area (Å²) in [6.07, 6.45) is -0.346. The molecule has 1 aromatic carbocycles. The van der Waals surface area contributed by atoms with Crippen LogP contribution in [0.1, 0.15) is 34.1 Å². The smallest absolute Gasteiger partial charge is 0.313 e. The molecule has 0 aliphatic carbocycles. The number of ether oxygens (including phenoxy) is 2. The van der Waals surface area contributed by atoms with Crippen molar-refractivity contribution < 1.29 is 28.7 Å². The average molecular weight is 319 g/mol. The van der Waals surface area contributed by atoms with Gasteiger partial charge >= 0.3 is 5.97 Å². The molecule has 1 aliphatic heterocycles. The highest BCUT2D eigenvalue weighted by Crippen LogP contribution is 2.21. The van der Waals surface area contributed by atoms with Gasteiger partial charge in [-0.3, -0.25) is 24.1 Å². The predicted molar refractivity (Wildman–Crippen MR) is 78.9 cm³/mol. The fraction of sp³-hybridized carbons (Fsp3) is 0.375. The number of Topliss-reactive ketones (excluding diaryl/α,β-unsaturated/α-hetero) is 1. The molecule has 1 heterocycles. The molecular formula is C16H17NO6. The van der Waals surface area contributed by atoms with Gasteiger partial charge in [0.05, 0.1) is 30.9 Å². The molecule has 23 heavy (non-hydrogen) atoms. The third-order valence-electron chi connectivity index (χ3n) is 3.25. The Morgan fingerprint density at radius 3 is 2.26 bits per heavy atom. The first-order valence-electron chi connectivity index (χ1n) is 7.25. The SMILES string of the molecule is CCOC(=O)CC(=O)COCCN1C(=O)c2ccccc2C1=O. The van der Waals surface area contributed by atoms with Crippen molar-refractivity contribution in [3.63, 3.8) is 0 Å². The predicted octanol–water partition coefficient (Wildman–Crippen LogP) is 0.822. The van der Waals surface area contributed by atoms with Gasteiger partial charge in [0.25, 0.3) is 11.8 Å². The van der Waals surface area contributed by atoms with Crippen molar-refractivity contribution in [2.75, 3.05) is 26.4 Å². The summed E-state index contributed by atoms with van der Waals surface area (Å²) < 4.78 is 9.78. The largest absolute Gasteiger partial charge is 0.466 e. The number of nitrogens with zero attached hydrogens (tertiary/aromatic N) is 1. The second-order valence-electron chi connectivity index (χ2n) is 4.88. The van der Waals surface area contributed by atoms with E-state index in [1.54, 1.807) is 31.2 Å². The molecule has 2 amide bonds. The summed E-state index contributed by atoms with van der Waals surface area (Å²) in [7, 11) is 0. The minimum Gasteiger partial charge on any atom is -0.466 e. The van der Waals surface area contributed by atoms with Crippen LogP contribution in [0.25, 0.3) is 0 Å². The molecule has 0 bridgehead atoms. The Labute approximate surface area is 133 Å². The molecular weight excluding hydrogens is 302 g/mol. The molecule has 0 fully saturated rings. The van der Waals surface area contributed by atoms with Crippen molar-refractivity contribution in [1.82, 2.24) is 4.90 Å². The maximum Gasteiger partial charge on any atom is 0.313 e. The van der Waals surface area contributed by atoms with Crippen LogP contribution in [-0.4, -0.2) is 54.8 Å². The number of hydrogen-bond donors (Lipinski definition) is 0. The van der Waals surface area contributed by atoms with Crippen molar-refractivity contribution in [3.8, 4) is 0 Å². The number of amides is 2. The van der Waals surface area contributed by atoms with Crippen LogP contribution in [0.15, 0.2) is 24.3 Å². The van der Waals surface area contributed by atoms with E-state index >= 15 is 0 Å². The zero-order valence-electron chi connectivity index (χ0n) is 12.7. The van der Waals surface area contributed by atoms with Gasteiger partial charge in [0.15, 0.2) is 5.78 Å². The van der Waals surface area contributed by atoms with Crippen molar-refractivity contribution in [2.24, 2.45) is 0 Å². The minimum atomic E-state index is -0.596. The van der Waals surface area contributed by atoms with E-state index in [-0.39, 0.29) is 44.6 Å². The molecule has 0 saturated carbocycles. The highest BCUT2D eigenvalue weighted by molar-refractivity contribution is 6.21. The Morgan fingerprint density at radius 1 is 1.09 bits per heavy atom. The molecule has 0 spiro atoms. The van der Waals surface area contributed by atoms with Gasteiger partial charge in [-0.1, -0.05) is 12.1 Å². The number of carbonyl (C=O) groups is 4. The Balaban J connectivity index is 1.76. The van der Waals surface area contributed by atoms with Crippen LogP contribution in [0.2, 0.25) is 0 Å². The Kier molecular flexibility index (Phi) is 5.59. The highest BCUT2D eigenvalue weighted by atomic mass is 16.5. The second-order valence-corrected chi connectivity index (χ2v) is 4.88. The maximum absolute atomic E-state index is 12.1. The second kappa shape index (κ2) is 7.64. The fourth-order valence-electron chi connectivity index (χ4n) is 2.21. The topological polar surface area (TPSA) is 90.0 Å².